The number of carbonyl (C=O) groups excluding carboxylic acids is 7. The van der Waals surface area contributed by atoms with E-state index in [0.717, 1.165) is 0 Å². The number of carboxylic acids is 2. The van der Waals surface area contributed by atoms with E-state index in [-0.39, 0.29) is 131 Å². The second-order valence-corrected chi connectivity index (χ2v) is 4.66. The van der Waals surface area contributed by atoms with Crippen molar-refractivity contribution in [2.24, 2.45) is 11.5 Å². The summed E-state index contributed by atoms with van der Waals surface area (Å²) in [6.07, 6.45) is -0.314. The summed E-state index contributed by atoms with van der Waals surface area (Å²) in [6.45, 7) is 8.60. The molecule has 0 bridgehead atoms. The van der Waals surface area contributed by atoms with Crippen LogP contribution in [0.1, 0.15) is 19.8 Å². The minimum Gasteiger partial charge on any atom is -0.550 e. The molecule has 6 N–H and O–H groups in total. The van der Waals surface area contributed by atoms with Crippen molar-refractivity contribution < 1.29 is 177 Å². The summed E-state index contributed by atoms with van der Waals surface area (Å²) in [5.74, 6) is -2.80. The normalized spacial score (nSPS) is 11.1. The van der Waals surface area contributed by atoms with Gasteiger partial charge in [-0.1, -0.05) is 12.5 Å². The maximum Gasteiger partial charge on any atom is 1.00 e. The average Bonchev–Trinajstić information content (AvgIpc) is 2.45. The average molecular weight is 502 g/mol. The molecule has 0 rings (SSSR count). The number of hydrogen-bond donors (Lipinski definition) is 4. The molecule has 0 aliphatic rings. The third-order valence-corrected chi connectivity index (χ3v) is 1.41. The fraction of sp³-hybridized carbons (Fsp3) is 0.500. The van der Waals surface area contributed by atoms with E-state index in [9.17, 15) is 25.1 Å². The van der Waals surface area contributed by atoms with Gasteiger partial charge in [0, 0.05) is 25.0 Å². The van der Waals surface area contributed by atoms with Crippen molar-refractivity contribution in [1.82, 2.24) is 0 Å². The summed E-state index contributed by atoms with van der Waals surface area (Å²) in [4.78, 5) is 52.0. The van der Waals surface area contributed by atoms with Crippen molar-refractivity contribution in [2.45, 2.75) is 31.0 Å². The number of rotatable bonds is 6. The first-order valence-electron chi connectivity index (χ1n) is 6.71. The van der Waals surface area contributed by atoms with Crippen LogP contribution in [-0.2, 0) is 33.3 Å². The SMILES string of the molecule is NCCN.O=C=O.O=C=O.[CH2-]C(C)(O)CC(=O)[O-].[CH2-]C(O)(C=[O+][O-])CC(=O)[O-].[Na+].[Na+].[Na+].[Na+]. The zero-order valence-electron chi connectivity index (χ0n) is 19.0. The van der Waals surface area contributed by atoms with Gasteiger partial charge in [-0.2, -0.15) is 23.8 Å². The first-order valence-corrected chi connectivity index (χ1v) is 6.71. The van der Waals surface area contributed by atoms with Crippen molar-refractivity contribution in [3.8, 4) is 0 Å². The van der Waals surface area contributed by atoms with Crippen molar-refractivity contribution in [2.75, 3.05) is 13.1 Å². The molecule has 0 aliphatic carbocycles. The van der Waals surface area contributed by atoms with E-state index in [1.165, 1.54) is 6.92 Å². The van der Waals surface area contributed by atoms with Crippen LogP contribution in [0.3, 0.4) is 0 Å². The first kappa shape index (κ1) is 58.7. The number of carboxylic acid groups (broad SMARTS) is 2. The molecular weight excluding hydrogens is 480 g/mol. The molecule has 0 aromatic heterocycles. The number of aldehydes is 1. The molecule has 32 heavy (non-hydrogen) atoms. The van der Waals surface area contributed by atoms with E-state index >= 15 is 0 Å². The molecule has 2 atom stereocenters. The zero-order chi connectivity index (χ0) is 23.8. The standard InChI is InChI=1S/C5H7O5.C5H9O3.C2H8N2.2CO2.4Na/c1-5(8,3-10-9)2-4(6)7;1-5(2,8)3-4(6)7;3-1-2-4;2*2-1-3;;;;/h3,8H,1-2H2,(H,6,7);8H,1,3H2,2H3,(H,6,7);1-4H2;;;;;;/q2*-1;;;;4*+1/p-2. The summed E-state index contributed by atoms with van der Waals surface area (Å²) in [5.41, 5.74) is 6.42. The number of aliphatic carboxylic acids is 2. The van der Waals surface area contributed by atoms with Crippen LogP contribution in [0.5, 0.6) is 0 Å². The molecule has 0 aromatic carbocycles. The molecule has 18 heteroatoms. The van der Waals surface area contributed by atoms with Gasteiger partial charge in [0.15, 0.2) is 0 Å². The molecule has 0 spiro atoms. The summed E-state index contributed by atoms with van der Waals surface area (Å²) < 4.78 is 3.13. The van der Waals surface area contributed by atoms with Crippen LogP contribution in [0, 0.1) is 13.8 Å². The monoisotopic (exact) mass is 502 g/mol. The molecule has 0 amide bonds. The largest absolute Gasteiger partial charge is 1.00 e. The van der Waals surface area contributed by atoms with Gasteiger partial charge in [0.25, 0.3) is 0 Å². The fourth-order valence-electron chi connectivity index (χ4n) is 0.692. The Kier molecular flexibility index (Phi) is 77.4. The van der Waals surface area contributed by atoms with Crippen molar-refractivity contribution in [3.05, 3.63) is 13.8 Å². The van der Waals surface area contributed by atoms with E-state index in [4.69, 9.17) is 40.9 Å². The Bertz CT molecular complexity index is 488. The number of hydrogen-bond acceptors (Lipinski definition) is 13. The quantitative estimate of drug-likeness (QED) is 0.0656. The maximum atomic E-state index is 9.80. The Hall–Kier alpha value is 1.01. The van der Waals surface area contributed by atoms with Gasteiger partial charge in [-0.05, 0) is 12.8 Å². The Morgan fingerprint density at radius 3 is 1.25 bits per heavy atom. The molecule has 2 unspecified atom stereocenters. The van der Waals surface area contributed by atoms with Crippen LogP contribution in [0.4, 0.5) is 0 Å². The van der Waals surface area contributed by atoms with Crippen molar-refractivity contribution in [3.63, 3.8) is 0 Å². The van der Waals surface area contributed by atoms with Gasteiger partial charge in [0.05, 0.1) is 5.60 Å². The van der Waals surface area contributed by atoms with Gasteiger partial charge in [-0.15, -0.1) is 0 Å². The fourth-order valence-corrected chi connectivity index (χ4v) is 0.692. The van der Waals surface area contributed by atoms with Gasteiger partial charge in [-0.25, -0.2) is 0 Å². The van der Waals surface area contributed by atoms with E-state index < -0.39 is 36.0 Å². The molecule has 0 fully saturated rings. The minimum atomic E-state index is -2.00. The number of aliphatic hydroxyl groups is 2. The second-order valence-electron chi connectivity index (χ2n) is 4.66. The second kappa shape index (κ2) is 42.2. The van der Waals surface area contributed by atoms with Gasteiger partial charge < -0.3 is 53.7 Å². The van der Waals surface area contributed by atoms with E-state index in [1.807, 2.05) is 0 Å². The smallest absolute Gasteiger partial charge is 0.550 e. The van der Waals surface area contributed by atoms with Gasteiger partial charge >= 0.3 is 137 Å². The van der Waals surface area contributed by atoms with Crippen LogP contribution in [-0.4, -0.2) is 65.0 Å². The third kappa shape index (κ3) is 109. The molecule has 0 aliphatic heterocycles. The third-order valence-electron chi connectivity index (χ3n) is 1.41. The molecule has 164 valence electrons. The molecule has 0 heterocycles. The van der Waals surface area contributed by atoms with E-state index in [2.05, 4.69) is 18.4 Å². The zero-order valence-corrected chi connectivity index (χ0v) is 27.0. The van der Waals surface area contributed by atoms with Gasteiger partial charge in [0.1, 0.15) is 0 Å². The Morgan fingerprint density at radius 2 is 1.16 bits per heavy atom. The predicted octanol–water partition coefficient (Wildman–Crippen LogP) is -18.8. The Morgan fingerprint density at radius 1 is 0.906 bits per heavy atom. The van der Waals surface area contributed by atoms with E-state index in [0.29, 0.717) is 19.4 Å². The van der Waals surface area contributed by atoms with Crippen LogP contribution in [0.2, 0.25) is 0 Å². The number of nitrogens with two attached hydrogens (primary N) is 2. The van der Waals surface area contributed by atoms with Gasteiger partial charge in [-0.3, -0.25) is 6.92 Å². The Labute approximate surface area is 273 Å². The summed E-state index contributed by atoms with van der Waals surface area (Å²) in [6, 6.07) is 0. The summed E-state index contributed by atoms with van der Waals surface area (Å²) in [7, 11) is 0. The van der Waals surface area contributed by atoms with Gasteiger partial charge in [0.2, 0.25) is 0 Å². The molecule has 0 saturated heterocycles. The van der Waals surface area contributed by atoms with Crippen LogP contribution in [0.15, 0.2) is 0 Å². The maximum absolute atomic E-state index is 9.80. The van der Waals surface area contributed by atoms with Crippen LogP contribution < -0.4 is 145 Å². The predicted molar refractivity (Wildman–Crippen MR) is 79.7 cm³/mol. The minimum absolute atomic E-state index is 0. The van der Waals surface area contributed by atoms with Crippen LogP contribution in [0.25, 0.3) is 0 Å². The van der Waals surface area contributed by atoms with Crippen molar-refractivity contribution in [1.29, 1.82) is 0 Å². The topological polar surface area (TPSA) is 275 Å². The summed E-state index contributed by atoms with van der Waals surface area (Å²) >= 11 is 0. The van der Waals surface area contributed by atoms with Crippen molar-refractivity contribution >= 4 is 30.5 Å². The molecular formula is C14H22N2Na4O12. The molecule has 0 aromatic rings. The summed E-state index contributed by atoms with van der Waals surface area (Å²) in [5, 5.41) is 46.3. The number of carbonyl (C=O) groups is 2. The van der Waals surface area contributed by atoms with Crippen LogP contribution >= 0.6 is 0 Å². The molecule has 0 saturated carbocycles. The van der Waals surface area contributed by atoms with E-state index in [1.54, 1.807) is 0 Å². The Balaban J connectivity index is -0.0000000311. The molecule has 14 nitrogen and oxygen atoms in total. The molecule has 0 radical (unpaired) electrons. The first-order chi connectivity index (χ1) is 12.6.